The number of hydrogen-bond donors (Lipinski definition) is 1. The van der Waals surface area contributed by atoms with Gasteiger partial charge in [-0.25, -0.2) is 4.68 Å². The first-order valence-electron chi connectivity index (χ1n) is 7.53. The van der Waals surface area contributed by atoms with Crippen LogP contribution in [0.1, 0.15) is 35.1 Å². The molecule has 2 heterocycles. The Hall–Kier alpha value is -2.73. The molecular weight excluding hydrogens is 294 g/mol. The largest absolute Gasteiger partial charge is 0.507 e. The Morgan fingerprint density at radius 1 is 1.22 bits per heavy atom. The molecule has 1 aliphatic heterocycles. The molecule has 1 N–H and O–H groups in total. The Balaban J connectivity index is 1.97. The third-order valence-corrected chi connectivity index (χ3v) is 4.18. The Kier molecular flexibility index (Phi) is 3.31. The molecule has 1 aliphatic rings. The second kappa shape index (κ2) is 5.48. The van der Waals surface area contributed by atoms with Crippen LogP contribution in [0.3, 0.4) is 0 Å². The van der Waals surface area contributed by atoms with Gasteiger partial charge >= 0.3 is 0 Å². The molecule has 4 rings (SSSR count). The van der Waals surface area contributed by atoms with Crippen molar-refractivity contribution in [3.8, 4) is 11.4 Å². The van der Waals surface area contributed by atoms with E-state index in [1.807, 2.05) is 24.3 Å². The molecule has 23 heavy (non-hydrogen) atoms. The molecule has 0 radical (unpaired) electrons. The van der Waals surface area contributed by atoms with Crippen LogP contribution in [0.2, 0.25) is 0 Å². The zero-order valence-electron chi connectivity index (χ0n) is 12.3. The SMILES string of the molecule is O=Cc1nnn(-c2cccc3c(O)cccc23)c1C1CCCO1. The fourth-order valence-corrected chi connectivity index (χ4v) is 3.12. The number of nitrogens with zero attached hydrogens (tertiary/aromatic N) is 3. The van der Waals surface area contributed by atoms with Gasteiger partial charge in [0.05, 0.1) is 5.69 Å². The molecule has 0 saturated carbocycles. The number of aldehydes is 1. The number of aromatic nitrogens is 3. The van der Waals surface area contributed by atoms with Crippen LogP contribution < -0.4 is 0 Å². The van der Waals surface area contributed by atoms with Crippen LogP contribution in [0.15, 0.2) is 36.4 Å². The van der Waals surface area contributed by atoms with Crippen LogP contribution in [0, 0.1) is 0 Å². The lowest BCUT2D eigenvalue weighted by atomic mass is 10.1. The summed E-state index contributed by atoms with van der Waals surface area (Å²) in [6, 6.07) is 10.9. The van der Waals surface area contributed by atoms with E-state index >= 15 is 0 Å². The molecule has 1 saturated heterocycles. The van der Waals surface area contributed by atoms with E-state index in [1.165, 1.54) is 0 Å². The summed E-state index contributed by atoms with van der Waals surface area (Å²) in [5.74, 6) is 0.207. The molecule has 0 spiro atoms. The Labute approximate surface area is 132 Å². The molecule has 1 fully saturated rings. The lowest BCUT2D eigenvalue weighted by Crippen LogP contribution is -2.09. The highest BCUT2D eigenvalue weighted by atomic mass is 16.5. The number of rotatable bonds is 3. The molecule has 2 aromatic carbocycles. The number of benzene rings is 2. The van der Waals surface area contributed by atoms with Gasteiger partial charge in [0.15, 0.2) is 12.0 Å². The summed E-state index contributed by atoms with van der Waals surface area (Å²) in [7, 11) is 0. The van der Waals surface area contributed by atoms with Crippen LogP contribution in [0.25, 0.3) is 16.5 Å². The van der Waals surface area contributed by atoms with Crippen molar-refractivity contribution >= 4 is 17.1 Å². The fourth-order valence-electron chi connectivity index (χ4n) is 3.12. The van der Waals surface area contributed by atoms with Crippen LogP contribution >= 0.6 is 0 Å². The van der Waals surface area contributed by atoms with E-state index in [2.05, 4.69) is 10.3 Å². The zero-order chi connectivity index (χ0) is 15.8. The van der Waals surface area contributed by atoms with E-state index < -0.39 is 0 Å². The Morgan fingerprint density at radius 2 is 2.04 bits per heavy atom. The number of phenols is 1. The van der Waals surface area contributed by atoms with E-state index in [0.717, 1.165) is 29.3 Å². The summed E-state index contributed by atoms with van der Waals surface area (Å²) in [4.78, 5) is 11.3. The minimum absolute atomic E-state index is 0.183. The van der Waals surface area contributed by atoms with Crippen molar-refractivity contribution in [2.45, 2.75) is 18.9 Å². The predicted octanol–water partition coefficient (Wildman–Crippen LogP) is 2.79. The minimum atomic E-state index is -0.183. The standard InChI is InChI=1S/C17H15N3O3/c21-10-13-17(16-8-3-9-23-16)20(19-18-13)14-6-1-5-12-11(14)4-2-7-15(12)22/h1-2,4-7,10,16,22H,3,8-9H2. The third-order valence-electron chi connectivity index (χ3n) is 4.18. The quantitative estimate of drug-likeness (QED) is 0.753. The first-order valence-corrected chi connectivity index (χ1v) is 7.53. The Bertz CT molecular complexity index is 882. The van der Waals surface area contributed by atoms with Gasteiger partial charge in [0.2, 0.25) is 0 Å². The number of phenolic OH excluding ortho intramolecular Hbond substituents is 1. The highest BCUT2D eigenvalue weighted by Gasteiger charge is 2.27. The average Bonchev–Trinajstić information content (AvgIpc) is 3.23. The maximum atomic E-state index is 11.3. The van der Waals surface area contributed by atoms with Gasteiger partial charge in [-0.1, -0.05) is 29.5 Å². The summed E-state index contributed by atoms with van der Waals surface area (Å²) in [6.07, 6.45) is 2.32. The number of carbonyl (C=O) groups excluding carboxylic acids is 1. The molecule has 0 amide bonds. The highest BCUT2D eigenvalue weighted by molar-refractivity contribution is 5.94. The lowest BCUT2D eigenvalue weighted by Gasteiger charge is -2.14. The second-order valence-electron chi connectivity index (χ2n) is 5.54. The first kappa shape index (κ1) is 13.9. The molecule has 0 bridgehead atoms. The third kappa shape index (κ3) is 2.19. The van der Waals surface area contributed by atoms with Gasteiger partial charge in [-0.2, -0.15) is 0 Å². The van der Waals surface area contributed by atoms with Gasteiger partial charge in [-0.05, 0) is 25.0 Å². The van der Waals surface area contributed by atoms with Gasteiger partial charge in [-0.15, -0.1) is 5.10 Å². The van der Waals surface area contributed by atoms with Crippen molar-refractivity contribution in [3.05, 3.63) is 47.8 Å². The average molecular weight is 309 g/mol. The number of ether oxygens (including phenoxy) is 1. The van der Waals surface area contributed by atoms with Crippen molar-refractivity contribution in [3.63, 3.8) is 0 Å². The van der Waals surface area contributed by atoms with E-state index in [1.54, 1.807) is 16.8 Å². The maximum Gasteiger partial charge on any atom is 0.172 e. The van der Waals surface area contributed by atoms with Gasteiger partial charge in [0.1, 0.15) is 17.5 Å². The summed E-state index contributed by atoms with van der Waals surface area (Å²) in [5, 5.41) is 19.8. The molecule has 116 valence electrons. The maximum absolute atomic E-state index is 11.3. The van der Waals surface area contributed by atoms with Crippen molar-refractivity contribution in [1.82, 2.24) is 15.0 Å². The van der Waals surface area contributed by atoms with Crippen LogP contribution in [0.4, 0.5) is 0 Å². The number of carbonyl (C=O) groups is 1. The zero-order valence-corrected chi connectivity index (χ0v) is 12.3. The van der Waals surface area contributed by atoms with Crippen molar-refractivity contribution in [1.29, 1.82) is 0 Å². The number of hydrogen-bond acceptors (Lipinski definition) is 5. The molecule has 6 nitrogen and oxygen atoms in total. The minimum Gasteiger partial charge on any atom is -0.507 e. The van der Waals surface area contributed by atoms with Crippen LogP contribution in [0.5, 0.6) is 5.75 Å². The molecule has 3 aromatic rings. The number of aromatic hydroxyl groups is 1. The normalized spacial score (nSPS) is 17.7. The van der Waals surface area contributed by atoms with Crippen molar-refractivity contribution in [2.75, 3.05) is 6.61 Å². The summed E-state index contributed by atoms with van der Waals surface area (Å²) in [6.45, 7) is 0.671. The second-order valence-corrected chi connectivity index (χ2v) is 5.54. The highest BCUT2D eigenvalue weighted by Crippen LogP contribution is 2.34. The first-order chi connectivity index (χ1) is 11.3. The summed E-state index contributed by atoms with van der Waals surface area (Å²) >= 11 is 0. The molecule has 1 aromatic heterocycles. The van der Waals surface area contributed by atoms with Gasteiger partial charge in [0.25, 0.3) is 0 Å². The molecule has 6 heteroatoms. The van der Waals surface area contributed by atoms with Gasteiger partial charge < -0.3 is 9.84 Å². The smallest absolute Gasteiger partial charge is 0.172 e. The predicted molar refractivity (Wildman–Crippen MR) is 83.8 cm³/mol. The fraction of sp³-hybridized carbons (Fsp3) is 0.235. The molecule has 0 aliphatic carbocycles. The lowest BCUT2D eigenvalue weighted by molar-refractivity contribution is 0.102. The molecule has 1 unspecified atom stereocenters. The van der Waals surface area contributed by atoms with E-state index in [4.69, 9.17) is 4.74 Å². The Morgan fingerprint density at radius 3 is 2.83 bits per heavy atom. The number of fused-ring (bicyclic) bond motifs is 1. The summed E-state index contributed by atoms with van der Waals surface area (Å²) < 4.78 is 7.38. The van der Waals surface area contributed by atoms with E-state index in [9.17, 15) is 9.90 Å². The topological polar surface area (TPSA) is 77.2 Å². The molecular formula is C17H15N3O3. The monoisotopic (exact) mass is 309 g/mol. The summed E-state index contributed by atoms with van der Waals surface area (Å²) in [5.41, 5.74) is 1.74. The van der Waals surface area contributed by atoms with E-state index in [-0.39, 0.29) is 11.9 Å². The van der Waals surface area contributed by atoms with Crippen molar-refractivity contribution < 1.29 is 14.6 Å². The van der Waals surface area contributed by atoms with Gasteiger partial charge in [0, 0.05) is 17.4 Å². The van der Waals surface area contributed by atoms with E-state index in [0.29, 0.717) is 24.3 Å². The molecule has 1 atom stereocenters. The van der Waals surface area contributed by atoms with Crippen LogP contribution in [-0.2, 0) is 4.74 Å². The van der Waals surface area contributed by atoms with Crippen LogP contribution in [-0.4, -0.2) is 33.0 Å². The van der Waals surface area contributed by atoms with Gasteiger partial charge in [-0.3, -0.25) is 4.79 Å². The van der Waals surface area contributed by atoms with Crippen molar-refractivity contribution in [2.24, 2.45) is 0 Å².